The molecule has 0 radical (unpaired) electrons. The molecule has 2 fully saturated rings. The molecule has 4 nitrogen and oxygen atoms in total. The second-order valence-electron chi connectivity index (χ2n) is 6.51. The number of hydrogen-bond acceptors (Lipinski definition) is 3. The molecule has 116 valence electrons. The van der Waals surface area contributed by atoms with E-state index in [0.29, 0.717) is 36.4 Å². The van der Waals surface area contributed by atoms with E-state index in [1.54, 1.807) is 10.4 Å². The van der Waals surface area contributed by atoms with Gasteiger partial charge in [0, 0.05) is 19.6 Å². The molecule has 1 saturated heterocycles. The molecular formula is C16H24N2O2S. The molecule has 0 spiro atoms. The SMILES string of the molecule is Cc1cc(CN)cc(S(=O)(=O)N2CC3CCCC3C2)c1C. The molecule has 1 aliphatic heterocycles. The molecule has 0 amide bonds. The minimum Gasteiger partial charge on any atom is -0.326 e. The fourth-order valence-corrected chi connectivity index (χ4v) is 5.71. The number of nitrogens with zero attached hydrogens (tertiary/aromatic N) is 1. The minimum atomic E-state index is -3.39. The van der Waals surface area contributed by atoms with Crippen LogP contribution in [0.1, 0.15) is 36.0 Å². The Morgan fingerprint density at radius 2 is 1.81 bits per heavy atom. The Hall–Kier alpha value is -0.910. The van der Waals surface area contributed by atoms with Crippen molar-refractivity contribution in [3.05, 3.63) is 28.8 Å². The van der Waals surface area contributed by atoms with Crippen LogP contribution in [0.5, 0.6) is 0 Å². The Labute approximate surface area is 127 Å². The predicted molar refractivity (Wildman–Crippen MR) is 83.4 cm³/mol. The molecule has 5 heteroatoms. The maximum atomic E-state index is 13.0. The van der Waals surface area contributed by atoms with Crippen molar-refractivity contribution in [2.24, 2.45) is 17.6 Å². The Morgan fingerprint density at radius 1 is 1.19 bits per heavy atom. The molecule has 0 bridgehead atoms. The maximum absolute atomic E-state index is 13.0. The fraction of sp³-hybridized carbons (Fsp3) is 0.625. The van der Waals surface area contributed by atoms with Crippen LogP contribution >= 0.6 is 0 Å². The summed E-state index contributed by atoms with van der Waals surface area (Å²) in [5.74, 6) is 1.14. The first-order valence-corrected chi connectivity index (χ1v) is 9.18. The lowest BCUT2D eigenvalue weighted by molar-refractivity contribution is 0.445. The number of fused-ring (bicyclic) bond motifs is 1. The van der Waals surface area contributed by atoms with Gasteiger partial charge in [-0.2, -0.15) is 4.31 Å². The minimum absolute atomic E-state index is 0.370. The highest BCUT2D eigenvalue weighted by Crippen LogP contribution is 2.40. The van der Waals surface area contributed by atoms with Crippen LogP contribution in [0, 0.1) is 25.7 Å². The summed E-state index contributed by atoms with van der Waals surface area (Å²) in [7, 11) is -3.39. The molecule has 2 aliphatic rings. The molecule has 1 aromatic rings. The van der Waals surface area contributed by atoms with Gasteiger partial charge in [0.25, 0.3) is 0 Å². The van der Waals surface area contributed by atoms with Crippen LogP contribution < -0.4 is 5.73 Å². The van der Waals surface area contributed by atoms with Crippen LogP contribution in [-0.2, 0) is 16.6 Å². The summed E-state index contributed by atoms with van der Waals surface area (Å²) in [4.78, 5) is 0.447. The van der Waals surface area contributed by atoms with E-state index >= 15 is 0 Å². The third-order valence-electron chi connectivity index (χ3n) is 5.23. The molecule has 1 saturated carbocycles. The first-order valence-electron chi connectivity index (χ1n) is 7.74. The van der Waals surface area contributed by atoms with E-state index in [9.17, 15) is 8.42 Å². The Bertz CT molecular complexity index is 642. The second-order valence-corrected chi connectivity index (χ2v) is 8.42. The van der Waals surface area contributed by atoms with E-state index in [2.05, 4.69) is 0 Å². The second kappa shape index (κ2) is 5.38. The van der Waals surface area contributed by atoms with Gasteiger partial charge < -0.3 is 5.73 Å². The summed E-state index contributed by atoms with van der Waals surface area (Å²) < 4.78 is 27.7. The number of aryl methyl sites for hydroxylation is 1. The third kappa shape index (κ3) is 2.51. The van der Waals surface area contributed by atoms with E-state index in [1.165, 1.54) is 19.3 Å². The lowest BCUT2D eigenvalue weighted by Gasteiger charge is -2.20. The first kappa shape index (κ1) is 15.0. The van der Waals surface area contributed by atoms with Crippen molar-refractivity contribution in [3.63, 3.8) is 0 Å². The van der Waals surface area contributed by atoms with Gasteiger partial charge in [-0.25, -0.2) is 8.42 Å². The van der Waals surface area contributed by atoms with Gasteiger partial charge in [0.05, 0.1) is 4.90 Å². The Morgan fingerprint density at radius 3 is 2.38 bits per heavy atom. The van der Waals surface area contributed by atoms with Crippen LogP contribution in [0.4, 0.5) is 0 Å². The Balaban J connectivity index is 1.97. The van der Waals surface area contributed by atoms with E-state index in [-0.39, 0.29) is 0 Å². The zero-order valence-corrected chi connectivity index (χ0v) is 13.6. The maximum Gasteiger partial charge on any atom is 0.243 e. The van der Waals surface area contributed by atoms with Crippen molar-refractivity contribution in [2.45, 2.75) is 44.6 Å². The average Bonchev–Trinajstić information content (AvgIpc) is 3.02. The highest BCUT2D eigenvalue weighted by atomic mass is 32.2. The topological polar surface area (TPSA) is 63.4 Å². The van der Waals surface area contributed by atoms with Gasteiger partial charge in [0.2, 0.25) is 10.0 Å². The summed E-state index contributed by atoms with van der Waals surface area (Å²) >= 11 is 0. The number of rotatable bonds is 3. The number of hydrogen-bond donors (Lipinski definition) is 1. The summed E-state index contributed by atoms with van der Waals surface area (Å²) in [5.41, 5.74) is 8.43. The molecule has 2 atom stereocenters. The quantitative estimate of drug-likeness (QED) is 0.931. The van der Waals surface area contributed by atoms with Crippen molar-refractivity contribution in [2.75, 3.05) is 13.1 Å². The monoisotopic (exact) mass is 308 g/mol. The van der Waals surface area contributed by atoms with Crippen molar-refractivity contribution in [3.8, 4) is 0 Å². The molecule has 1 heterocycles. The van der Waals surface area contributed by atoms with Gasteiger partial charge in [-0.15, -0.1) is 0 Å². The predicted octanol–water partition coefficient (Wildman–Crippen LogP) is 2.18. The summed E-state index contributed by atoms with van der Waals surface area (Å²) in [6.07, 6.45) is 3.61. The summed E-state index contributed by atoms with van der Waals surface area (Å²) in [5, 5.41) is 0. The lowest BCUT2D eigenvalue weighted by Crippen LogP contribution is -2.30. The molecule has 2 N–H and O–H groups in total. The molecular weight excluding hydrogens is 284 g/mol. The molecule has 21 heavy (non-hydrogen) atoms. The van der Waals surface area contributed by atoms with Crippen molar-refractivity contribution < 1.29 is 8.42 Å². The zero-order chi connectivity index (χ0) is 15.2. The van der Waals surface area contributed by atoms with Crippen molar-refractivity contribution >= 4 is 10.0 Å². The van der Waals surface area contributed by atoms with E-state index in [4.69, 9.17) is 5.73 Å². The summed E-state index contributed by atoms with van der Waals surface area (Å²) in [6, 6.07) is 3.73. The van der Waals surface area contributed by atoms with E-state index in [0.717, 1.165) is 16.7 Å². The van der Waals surface area contributed by atoms with Crippen LogP contribution in [0.25, 0.3) is 0 Å². The average molecular weight is 308 g/mol. The highest BCUT2D eigenvalue weighted by molar-refractivity contribution is 7.89. The lowest BCUT2D eigenvalue weighted by atomic mass is 10.0. The van der Waals surface area contributed by atoms with Gasteiger partial charge >= 0.3 is 0 Å². The van der Waals surface area contributed by atoms with Gasteiger partial charge in [-0.05, 0) is 61.3 Å². The third-order valence-corrected chi connectivity index (χ3v) is 7.18. The standard InChI is InChI=1S/C16H24N2O2S/c1-11-6-13(8-17)7-16(12(11)2)21(19,20)18-9-14-4-3-5-15(14)10-18/h6-7,14-15H,3-5,8-10,17H2,1-2H3. The van der Waals surface area contributed by atoms with Crippen LogP contribution in [0.2, 0.25) is 0 Å². The fourth-order valence-electron chi connectivity index (χ4n) is 3.81. The molecule has 0 aromatic heterocycles. The van der Waals surface area contributed by atoms with Crippen molar-refractivity contribution in [1.29, 1.82) is 0 Å². The number of sulfonamides is 1. The highest BCUT2D eigenvalue weighted by Gasteiger charge is 2.41. The molecule has 1 aromatic carbocycles. The number of benzene rings is 1. The largest absolute Gasteiger partial charge is 0.326 e. The first-order chi connectivity index (χ1) is 9.93. The van der Waals surface area contributed by atoms with Crippen LogP contribution in [0.15, 0.2) is 17.0 Å². The smallest absolute Gasteiger partial charge is 0.243 e. The number of nitrogens with two attached hydrogens (primary N) is 1. The van der Waals surface area contributed by atoms with Gasteiger partial charge in [-0.1, -0.05) is 12.5 Å². The normalized spacial score (nSPS) is 26.2. The summed E-state index contributed by atoms with van der Waals surface area (Å²) in [6.45, 7) is 5.59. The molecule has 2 unspecified atom stereocenters. The van der Waals surface area contributed by atoms with Gasteiger partial charge in [-0.3, -0.25) is 0 Å². The zero-order valence-electron chi connectivity index (χ0n) is 12.8. The van der Waals surface area contributed by atoms with Crippen LogP contribution in [0.3, 0.4) is 0 Å². The van der Waals surface area contributed by atoms with Crippen molar-refractivity contribution in [1.82, 2.24) is 4.31 Å². The van der Waals surface area contributed by atoms with Gasteiger partial charge in [0.15, 0.2) is 0 Å². The van der Waals surface area contributed by atoms with Crippen LogP contribution in [-0.4, -0.2) is 25.8 Å². The Kier molecular flexibility index (Phi) is 3.84. The van der Waals surface area contributed by atoms with E-state index < -0.39 is 10.0 Å². The molecule has 1 aliphatic carbocycles. The molecule has 3 rings (SSSR count). The van der Waals surface area contributed by atoms with E-state index in [1.807, 2.05) is 19.9 Å². The van der Waals surface area contributed by atoms with Gasteiger partial charge in [0.1, 0.15) is 0 Å².